The number of carbonyl (C=O) groups is 1. The van der Waals surface area contributed by atoms with E-state index in [4.69, 9.17) is 11.6 Å². The zero-order valence-electron chi connectivity index (χ0n) is 13.5. The van der Waals surface area contributed by atoms with Crippen molar-refractivity contribution in [3.8, 4) is 0 Å². The van der Waals surface area contributed by atoms with Crippen molar-refractivity contribution < 1.29 is 9.18 Å². The van der Waals surface area contributed by atoms with Crippen molar-refractivity contribution in [3.63, 3.8) is 0 Å². The van der Waals surface area contributed by atoms with Gasteiger partial charge in [0.25, 0.3) is 0 Å². The van der Waals surface area contributed by atoms with E-state index in [0.29, 0.717) is 11.2 Å². The van der Waals surface area contributed by atoms with Gasteiger partial charge >= 0.3 is 5.69 Å². The smallest absolute Gasteiger partial charge is 0.348 e. The Balaban J connectivity index is 1.76. The van der Waals surface area contributed by atoms with Gasteiger partial charge in [-0.05, 0) is 43.2 Å². The van der Waals surface area contributed by atoms with E-state index in [1.54, 1.807) is 26.0 Å². The number of nitrogens with one attached hydrogen (secondary N) is 1. The number of halogens is 2. The van der Waals surface area contributed by atoms with Gasteiger partial charge in [-0.2, -0.15) is 9.61 Å². The van der Waals surface area contributed by atoms with E-state index in [1.165, 1.54) is 18.3 Å². The molecule has 7 nitrogen and oxygen atoms in total. The zero-order chi connectivity index (χ0) is 18.1. The number of nitrogens with zero attached hydrogens (tertiary/aromatic N) is 4. The van der Waals surface area contributed by atoms with Crippen molar-refractivity contribution in [2.24, 2.45) is 0 Å². The molecule has 0 aliphatic heterocycles. The van der Waals surface area contributed by atoms with Crippen LogP contribution in [-0.4, -0.2) is 25.3 Å². The minimum Gasteiger partial charge on any atom is -0.348 e. The Labute approximate surface area is 147 Å². The molecule has 2 aromatic heterocycles. The fourth-order valence-corrected chi connectivity index (χ4v) is 2.54. The van der Waals surface area contributed by atoms with Crippen LogP contribution in [0.25, 0.3) is 5.65 Å². The summed E-state index contributed by atoms with van der Waals surface area (Å²) >= 11 is 5.65. The second-order valence-electron chi connectivity index (χ2n) is 5.65. The fraction of sp³-hybridized carbons (Fsp3) is 0.250. The molecule has 0 bridgehead atoms. The fourth-order valence-electron chi connectivity index (χ4n) is 2.43. The lowest BCUT2D eigenvalue weighted by Gasteiger charge is -2.14. The Morgan fingerprint density at radius 2 is 2.16 bits per heavy atom. The Morgan fingerprint density at radius 3 is 2.84 bits per heavy atom. The van der Waals surface area contributed by atoms with Gasteiger partial charge in [0.15, 0.2) is 5.65 Å². The summed E-state index contributed by atoms with van der Waals surface area (Å²) in [6.07, 6.45) is 1.49. The Bertz CT molecular complexity index is 1010. The first-order chi connectivity index (χ1) is 11.9. The molecule has 0 spiro atoms. The molecule has 2 heterocycles. The van der Waals surface area contributed by atoms with Crippen molar-refractivity contribution in [1.29, 1.82) is 0 Å². The standard InChI is InChI=1S/C16H15ClFN5O2/c1-9-5-6-19-23-15(9)21-22(16(23)25)8-14(24)20-10(2)11-3-4-12(17)13(18)7-11/h3-7,10H,8H2,1-2H3,(H,20,24)/t10-/m0/s1. The van der Waals surface area contributed by atoms with Gasteiger partial charge in [-0.1, -0.05) is 17.7 Å². The Kier molecular flexibility index (Phi) is 4.54. The van der Waals surface area contributed by atoms with E-state index < -0.39 is 23.5 Å². The van der Waals surface area contributed by atoms with E-state index in [0.717, 1.165) is 14.8 Å². The van der Waals surface area contributed by atoms with Crippen LogP contribution in [0.5, 0.6) is 0 Å². The van der Waals surface area contributed by atoms with Crippen LogP contribution >= 0.6 is 11.6 Å². The van der Waals surface area contributed by atoms with E-state index in [-0.39, 0.29) is 11.6 Å². The van der Waals surface area contributed by atoms with Gasteiger partial charge < -0.3 is 5.32 Å². The molecule has 1 N–H and O–H groups in total. The van der Waals surface area contributed by atoms with Gasteiger partial charge in [-0.25, -0.2) is 13.9 Å². The molecule has 0 aliphatic carbocycles. The summed E-state index contributed by atoms with van der Waals surface area (Å²) in [5, 5.41) is 10.8. The van der Waals surface area contributed by atoms with Crippen molar-refractivity contribution in [2.45, 2.75) is 26.4 Å². The molecular weight excluding hydrogens is 349 g/mol. The van der Waals surface area contributed by atoms with Gasteiger partial charge in [-0.3, -0.25) is 4.79 Å². The number of carbonyl (C=O) groups excluding carboxylic acids is 1. The highest BCUT2D eigenvalue weighted by Gasteiger charge is 2.15. The van der Waals surface area contributed by atoms with E-state index in [2.05, 4.69) is 15.5 Å². The van der Waals surface area contributed by atoms with E-state index >= 15 is 0 Å². The number of hydrogen-bond donors (Lipinski definition) is 1. The monoisotopic (exact) mass is 363 g/mol. The largest absolute Gasteiger partial charge is 0.367 e. The summed E-state index contributed by atoms with van der Waals surface area (Å²) in [7, 11) is 0. The number of hydrogen-bond acceptors (Lipinski definition) is 4. The minimum atomic E-state index is -0.557. The predicted molar refractivity (Wildman–Crippen MR) is 90.0 cm³/mol. The summed E-state index contributed by atoms with van der Waals surface area (Å²) < 4.78 is 15.7. The molecule has 0 fully saturated rings. The molecule has 25 heavy (non-hydrogen) atoms. The topological polar surface area (TPSA) is 81.3 Å². The van der Waals surface area contributed by atoms with Gasteiger partial charge in [0.05, 0.1) is 11.1 Å². The molecule has 1 aromatic carbocycles. The van der Waals surface area contributed by atoms with Gasteiger partial charge in [-0.15, -0.1) is 5.10 Å². The summed E-state index contributed by atoms with van der Waals surface area (Å²) in [6.45, 7) is 3.24. The first kappa shape index (κ1) is 17.1. The molecule has 0 saturated carbocycles. The van der Waals surface area contributed by atoms with Crippen LogP contribution in [0.2, 0.25) is 5.02 Å². The van der Waals surface area contributed by atoms with Gasteiger partial charge in [0, 0.05) is 6.20 Å². The third kappa shape index (κ3) is 3.39. The Morgan fingerprint density at radius 1 is 1.40 bits per heavy atom. The van der Waals surface area contributed by atoms with Crippen LogP contribution in [0.3, 0.4) is 0 Å². The molecule has 130 valence electrons. The first-order valence-electron chi connectivity index (χ1n) is 7.52. The summed E-state index contributed by atoms with van der Waals surface area (Å²) in [6, 6.07) is 5.59. The normalized spacial score (nSPS) is 12.3. The minimum absolute atomic E-state index is 0.0152. The van der Waals surface area contributed by atoms with Crippen molar-refractivity contribution >= 4 is 23.2 Å². The molecular formula is C16H15ClFN5O2. The zero-order valence-corrected chi connectivity index (χ0v) is 14.3. The second-order valence-corrected chi connectivity index (χ2v) is 6.06. The average Bonchev–Trinajstić information content (AvgIpc) is 2.88. The lowest BCUT2D eigenvalue weighted by Crippen LogP contribution is -2.34. The van der Waals surface area contributed by atoms with Crippen LogP contribution < -0.4 is 11.0 Å². The number of rotatable bonds is 4. The molecule has 0 unspecified atom stereocenters. The second kappa shape index (κ2) is 6.64. The van der Waals surface area contributed by atoms with Crippen LogP contribution in [0.15, 0.2) is 35.3 Å². The highest BCUT2D eigenvalue weighted by molar-refractivity contribution is 6.30. The maximum atomic E-state index is 13.5. The molecule has 1 amide bonds. The van der Waals surface area contributed by atoms with Crippen molar-refractivity contribution in [1.82, 2.24) is 24.7 Å². The molecule has 1 atom stereocenters. The van der Waals surface area contributed by atoms with Crippen LogP contribution in [-0.2, 0) is 11.3 Å². The predicted octanol–water partition coefficient (Wildman–Crippen LogP) is 1.87. The third-order valence-corrected chi connectivity index (χ3v) is 4.10. The molecule has 0 saturated heterocycles. The first-order valence-corrected chi connectivity index (χ1v) is 7.90. The molecule has 0 radical (unpaired) electrons. The molecule has 0 aliphatic rings. The molecule has 3 aromatic rings. The van der Waals surface area contributed by atoms with E-state index in [1.807, 2.05) is 0 Å². The maximum Gasteiger partial charge on any atom is 0.367 e. The van der Waals surface area contributed by atoms with Crippen LogP contribution in [0, 0.1) is 12.7 Å². The average molecular weight is 364 g/mol. The molecule has 9 heteroatoms. The Hall–Kier alpha value is -2.74. The van der Waals surface area contributed by atoms with Gasteiger partial charge in [0.1, 0.15) is 12.4 Å². The lowest BCUT2D eigenvalue weighted by atomic mass is 10.1. The molecule has 3 rings (SSSR count). The highest BCUT2D eigenvalue weighted by atomic mass is 35.5. The highest BCUT2D eigenvalue weighted by Crippen LogP contribution is 2.20. The van der Waals surface area contributed by atoms with Crippen molar-refractivity contribution in [2.75, 3.05) is 0 Å². The summed E-state index contributed by atoms with van der Waals surface area (Å²) in [5.74, 6) is -0.982. The lowest BCUT2D eigenvalue weighted by molar-refractivity contribution is -0.122. The van der Waals surface area contributed by atoms with Crippen molar-refractivity contribution in [3.05, 3.63) is 62.9 Å². The maximum absolute atomic E-state index is 13.5. The number of aromatic nitrogens is 4. The SMILES string of the molecule is Cc1ccnn2c(=O)n(CC(=O)N[C@@H](C)c3ccc(Cl)c(F)c3)nc12. The number of benzene rings is 1. The number of amides is 1. The van der Waals surface area contributed by atoms with Crippen LogP contribution in [0.1, 0.15) is 24.1 Å². The van der Waals surface area contributed by atoms with Gasteiger partial charge in [0.2, 0.25) is 5.91 Å². The summed E-state index contributed by atoms with van der Waals surface area (Å²) in [4.78, 5) is 24.4. The van der Waals surface area contributed by atoms with Crippen LogP contribution in [0.4, 0.5) is 4.39 Å². The summed E-state index contributed by atoms with van der Waals surface area (Å²) in [5.41, 5.74) is 1.23. The number of fused-ring (bicyclic) bond motifs is 1. The third-order valence-electron chi connectivity index (χ3n) is 3.79. The number of aryl methyl sites for hydroxylation is 1. The van der Waals surface area contributed by atoms with E-state index in [9.17, 15) is 14.0 Å². The quantitative estimate of drug-likeness (QED) is 0.767.